The van der Waals surface area contributed by atoms with Crippen LogP contribution in [0.2, 0.25) is 0 Å². The van der Waals surface area contributed by atoms with Gasteiger partial charge in [-0.05, 0) is 25.0 Å². The number of carbonyl (C=O) groups excluding carboxylic acids is 2. The summed E-state index contributed by atoms with van der Waals surface area (Å²) in [5.41, 5.74) is 10.7. The third-order valence-electron chi connectivity index (χ3n) is 7.20. The van der Waals surface area contributed by atoms with Gasteiger partial charge in [0.05, 0.1) is 19.0 Å². The molecule has 5 rings (SSSR count). The molecule has 1 saturated heterocycles. The Morgan fingerprint density at radius 2 is 1.72 bits per heavy atom. The predicted octanol–water partition coefficient (Wildman–Crippen LogP) is 1.91. The molecule has 6 unspecified atom stereocenters. The Morgan fingerprint density at radius 1 is 1.09 bits per heavy atom. The van der Waals surface area contributed by atoms with Gasteiger partial charge in [0.15, 0.2) is 23.7 Å². The van der Waals surface area contributed by atoms with Crippen LogP contribution < -0.4 is 16.1 Å². The highest BCUT2D eigenvalue weighted by atomic mass is 31.1. The zero-order valence-electron chi connectivity index (χ0n) is 25.7. The molecule has 2 aromatic carbocycles. The largest absolute Gasteiger partial charge is 0.592 e. The molecule has 4 aromatic rings. The lowest BCUT2D eigenvalue weighted by atomic mass is 10.2. The molecule has 0 spiro atoms. The Kier molecular flexibility index (Phi) is 11.5. The normalized spacial score (nSPS) is 19.5. The average Bonchev–Trinajstić information content (AvgIpc) is 3.69. The van der Waals surface area contributed by atoms with E-state index in [2.05, 4.69) is 25.2 Å². The van der Waals surface area contributed by atoms with Crippen molar-refractivity contribution in [3.05, 3.63) is 84.4 Å². The second-order valence-corrected chi connectivity index (χ2v) is 11.8. The van der Waals surface area contributed by atoms with Crippen LogP contribution in [0.25, 0.3) is 11.2 Å². The summed E-state index contributed by atoms with van der Waals surface area (Å²) in [5, 5.41) is 10.8. The molecule has 0 bridgehead atoms. The van der Waals surface area contributed by atoms with Gasteiger partial charge >= 0.3 is 20.0 Å². The molecule has 47 heavy (non-hydrogen) atoms. The smallest absolute Gasteiger partial charge is 0.330 e. The second kappa shape index (κ2) is 15.9. The van der Waals surface area contributed by atoms with E-state index in [1.165, 1.54) is 31.1 Å². The van der Waals surface area contributed by atoms with Crippen molar-refractivity contribution < 1.29 is 38.6 Å². The number of fused-ring (bicyclic) bond motifs is 1. The van der Waals surface area contributed by atoms with Crippen LogP contribution in [0, 0.1) is 0 Å². The fourth-order valence-electron chi connectivity index (χ4n) is 4.64. The lowest BCUT2D eigenvalue weighted by Gasteiger charge is -2.22. The van der Waals surface area contributed by atoms with E-state index >= 15 is 0 Å². The number of rotatable bonds is 14. The molecule has 1 fully saturated rings. The van der Waals surface area contributed by atoms with Crippen molar-refractivity contribution in [1.29, 1.82) is 0 Å². The van der Waals surface area contributed by atoms with E-state index in [9.17, 15) is 19.6 Å². The summed E-state index contributed by atoms with van der Waals surface area (Å²) in [6.07, 6.45) is 0.338. The number of aliphatic hydroxyl groups excluding tert-OH is 1. The van der Waals surface area contributed by atoms with E-state index in [0.29, 0.717) is 11.2 Å². The summed E-state index contributed by atoms with van der Waals surface area (Å²) in [4.78, 5) is 61.9. The van der Waals surface area contributed by atoms with Crippen molar-refractivity contribution in [2.45, 2.75) is 64.0 Å². The molecule has 2 aromatic heterocycles. The minimum atomic E-state index is -2.79. The van der Waals surface area contributed by atoms with Gasteiger partial charge in [-0.15, -0.1) is 0 Å². The first-order valence-electron chi connectivity index (χ1n) is 14.7. The molecular formula is C30H35N8O8P. The van der Waals surface area contributed by atoms with E-state index < -0.39 is 50.5 Å². The monoisotopic (exact) mass is 666 g/mol. The Balaban J connectivity index is 1.24. The van der Waals surface area contributed by atoms with Gasteiger partial charge in [-0.25, -0.2) is 15.0 Å². The van der Waals surface area contributed by atoms with Crippen LogP contribution in [0.15, 0.2) is 78.2 Å². The molecular weight excluding hydrogens is 631 g/mol. The van der Waals surface area contributed by atoms with Gasteiger partial charge in [0.2, 0.25) is 0 Å². The third-order valence-corrected chi connectivity index (χ3v) is 8.28. The Hall–Kier alpha value is -4.41. The predicted molar refractivity (Wildman–Crippen MR) is 166 cm³/mol. The minimum absolute atomic E-state index is 0.0130. The van der Waals surface area contributed by atoms with E-state index in [1.807, 2.05) is 48.5 Å². The summed E-state index contributed by atoms with van der Waals surface area (Å²) in [5.74, 6) is -1.16. The Labute approximate surface area is 271 Å². The van der Waals surface area contributed by atoms with Crippen LogP contribution in [0.1, 0.15) is 37.6 Å². The van der Waals surface area contributed by atoms with Gasteiger partial charge in [-0.3, -0.25) is 19.0 Å². The molecule has 16 nitrogen and oxygen atoms in total. The highest BCUT2D eigenvalue weighted by Crippen LogP contribution is 2.33. The maximum atomic E-state index is 13.4. The van der Waals surface area contributed by atoms with Crippen LogP contribution >= 0.6 is 8.09 Å². The Bertz CT molecular complexity index is 1680. The molecule has 1 aliphatic rings. The van der Waals surface area contributed by atoms with Gasteiger partial charge in [-0.1, -0.05) is 60.7 Å². The number of hydrogen-bond donors (Lipinski definition) is 3. The SMILES string of the molecule is CC(N/N=[P+](\[O-])N(OCC1CC(O)C(n2cnc3c(N)ncnc32)O1)C(C)C(=O)OCc1ccccc1)C(=O)OCc1ccccc1. The van der Waals surface area contributed by atoms with Gasteiger partial charge in [-0.2, -0.15) is 5.43 Å². The van der Waals surface area contributed by atoms with Gasteiger partial charge in [0.25, 0.3) is 0 Å². The third kappa shape index (κ3) is 8.69. The molecule has 17 heteroatoms. The number of imidazole rings is 1. The number of esters is 2. The van der Waals surface area contributed by atoms with Crippen molar-refractivity contribution in [2.24, 2.45) is 4.85 Å². The van der Waals surface area contributed by atoms with Crippen molar-refractivity contribution in [3.63, 3.8) is 0 Å². The van der Waals surface area contributed by atoms with Gasteiger partial charge in [0, 0.05) is 16.1 Å². The Morgan fingerprint density at radius 3 is 2.38 bits per heavy atom. The molecule has 0 saturated carbocycles. The number of nitrogens with two attached hydrogens (primary N) is 1. The molecule has 0 radical (unpaired) electrons. The molecule has 0 amide bonds. The number of hydroxylamine groups is 1. The first-order valence-corrected chi connectivity index (χ1v) is 15.9. The maximum Gasteiger partial charge on any atom is 0.330 e. The summed E-state index contributed by atoms with van der Waals surface area (Å²) in [6, 6.07) is 16.1. The number of ether oxygens (including phenoxy) is 3. The van der Waals surface area contributed by atoms with Crippen molar-refractivity contribution in [3.8, 4) is 0 Å². The van der Waals surface area contributed by atoms with Crippen LogP contribution in [0.3, 0.4) is 0 Å². The van der Waals surface area contributed by atoms with E-state index in [0.717, 1.165) is 16.0 Å². The second-order valence-electron chi connectivity index (χ2n) is 10.7. The van der Waals surface area contributed by atoms with E-state index in [4.69, 9.17) is 24.8 Å². The fourth-order valence-corrected chi connectivity index (χ4v) is 5.55. The summed E-state index contributed by atoms with van der Waals surface area (Å²) in [6.45, 7) is 2.78. The number of benzene rings is 2. The van der Waals surface area contributed by atoms with Crippen LogP contribution in [-0.2, 0) is 41.9 Å². The van der Waals surface area contributed by atoms with Gasteiger partial charge in [0.1, 0.15) is 37.2 Å². The van der Waals surface area contributed by atoms with Crippen molar-refractivity contribution >= 4 is 37.0 Å². The van der Waals surface area contributed by atoms with Crippen LogP contribution in [-0.4, -0.2) is 72.3 Å². The zero-order chi connectivity index (χ0) is 33.3. The molecule has 4 N–H and O–H groups in total. The fraction of sp³-hybridized carbons (Fsp3) is 0.367. The number of aromatic nitrogens is 4. The quantitative estimate of drug-likeness (QED) is 0.0997. The standard InChI is InChI=1S/C30H35N8O8P/c1-19(29(40)43-14-21-9-5-3-6-10-21)35-36-47(42)38(20(2)30(41)44-15-22-11-7-4-8-12-22)45-16-23-13-24(39)28(46-23)37-18-34-25-26(31)32-17-33-27(25)37/h3-12,17-20,23-24,28,35,39H,13-16H2,1-2H3,(H2,31,32,33). The van der Waals surface area contributed by atoms with Gasteiger partial charge < -0.3 is 29.9 Å². The topological polar surface area (TPSA) is 212 Å². The zero-order valence-corrected chi connectivity index (χ0v) is 26.6. The molecule has 248 valence electrons. The summed E-state index contributed by atoms with van der Waals surface area (Å²) >= 11 is 0. The molecule has 6 atom stereocenters. The highest BCUT2D eigenvalue weighted by Gasteiger charge is 2.39. The lowest BCUT2D eigenvalue weighted by Crippen LogP contribution is -2.39. The van der Waals surface area contributed by atoms with E-state index in [-0.39, 0.29) is 32.1 Å². The molecule has 1 aliphatic heterocycles. The number of carbonyl (C=O) groups is 2. The number of nitrogens with zero attached hydrogens (tertiary/aromatic N) is 6. The summed E-state index contributed by atoms with van der Waals surface area (Å²) < 4.78 is 18.3. The maximum absolute atomic E-state index is 13.4. The minimum Gasteiger partial charge on any atom is -0.592 e. The number of nitrogens with one attached hydrogen (secondary N) is 1. The van der Waals surface area contributed by atoms with Crippen LogP contribution in [0.4, 0.5) is 5.82 Å². The number of hydrogen-bond acceptors (Lipinski definition) is 13. The first kappa shape index (κ1) is 33.9. The van der Waals surface area contributed by atoms with E-state index in [1.54, 1.807) is 12.1 Å². The average molecular weight is 667 g/mol. The number of anilines is 1. The van der Waals surface area contributed by atoms with Crippen LogP contribution in [0.5, 0.6) is 0 Å². The highest BCUT2D eigenvalue weighted by molar-refractivity contribution is 7.36. The molecule has 0 aliphatic carbocycles. The number of aliphatic hydroxyl groups is 1. The van der Waals surface area contributed by atoms with Crippen molar-refractivity contribution in [2.75, 3.05) is 12.3 Å². The molecule has 3 heterocycles. The first-order chi connectivity index (χ1) is 22.7. The lowest BCUT2D eigenvalue weighted by molar-refractivity contribution is -0.221. The summed E-state index contributed by atoms with van der Waals surface area (Å²) in [7, 11) is -2.79. The number of nitrogen functional groups attached to an aromatic ring is 1. The van der Waals surface area contributed by atoms with Crippen molar-refractivity contribution in [1.82, 2.24) is 29.8 Å².